The van der Waals surface area contributed by atoms with Crippen LogP contribution in [-0.2, 0) is 6.42 Å². The Kier molecular flexibility index (Phi) is 4.93. The summed E-state index contributed by atoms with van der Waals surface area (Å²) in [7, 11) is 0. The zero-order valence-electron chi connectivity index (χ0n) is 10.0. The molecule has 0 aromatic heterocycles. The Balaban J connectivity index is 2.81. The molecule has 90 valence electrons. The van der Waals surface area contributed by atoms with Crippen LogP contribution in [0, 0.1) is 17.7 Å². The Bertz CT molecular complexity index is 342. The first-order valence-electron chi connectivity index (χ1n) is 5.61. The lowest BCUT2D eigenvalue weighted by Crippen LogP contribution is -2.32. The smallest absolute Gasteiger partial charge is 0.137 e. The molecule has 0 amide bonds. The number of hydrogen-bond donors (Lipinski definition) is 1. The summed E-state index contributed by atoms with van der Waals surface area (Å²) < 4.78 is 13.6. The van der Waals surface area contributed by atoms with E-state index in [0.29, 0.717) is 16.3 Å². The fraction of sp³-hybridized carbons (Fsp3) is 0.538. The van der Waals surface area contributed by atoms with Crippen molar-refractivity contribution in [2.24, 2.45) is 17.6 Å². The van der Waals surface area contributed by atoms with Crippen LogP contribution in [0.5, 0.6) is 0 Å². The van der Waals surface area contributed by atoms with Gasteiger partial charge in [0.15, 0.2) is 0 Å². The van der Waals surface area contributed by atoms with Gasteiger partial charge < -0.3 is 5.73 Å². The Labute approximate surface area is 105 Å². The molecule has 0 aliphatic rings. The van der Waals surface area contributed by atoms with Crippen LogP contribution in [0.25, 0.3) is 0 Å². The number of benzene rings is 1. The van der Waals surface area contributed by atoms with E-state index >= 15 is 0 Å². The van der Waals surface area contributed by atoms with Crippen LogP contribution in [0.2, 0.25) is 0 Å². The van der Waals surface area contributed by atoms with Crippen molar-refractivity contribution in [2.75, 3.05) is 0 Å². The fourth-order valence-corrected chi connectivity index (χ4v) is 2.39. The van der Waals surface area contributed by atoms with Crippen molar-refractivity contribution in [1.82, 2.24) is 0 Å². The van der Waals surface area contributed by atoms with Gasteiger partial charge in [0.1, 0.15) is 5.82 Å². The topological polar surface area (TPSA) is 26.0 Å². The van der Waals surface area contributed by atoms with E-state index in [0.717, 1.165) is 12.0 Å². The molecule has 3 heteroatoms. The SMILES string of the molecule is CC(C)C(Cc1ccc(F)c(Br)c1)C(C)N. The molecule has 0 fully saturated rings. The van der Waals surface area contributed by atoms with Crippen molar-refractivity contribution >= 4 is 15.9 Å². The summed E-state index contributed by atoms with van der Waals surface area (Å²) >= 11 is 3.20. The summed E-state index contributed by atoms with van der Waals surface area (Å²) in [6, 6.07) is 5.33. The fourth-order valence-electron chi connectivity index (χ4n) is 1.97. The Hall–Kier alpha value is -0.410. The van der Waals surface area contributed by atoms with Gasteiger partial charge in [0.05, 0.1) is 4.47 Å². The van der Waals surface area contributed by atoms with Gasteiger partial charge in [0.2, 0.25) is 0 Å². The number of halogens is 2. The average Bonchev–Trinajstić information content (AvgIpc) is 2.18. The highest BCUT2D eigenvalue weighted by atomic mass is 79.9. The molecule has 0 saturated carbocycles. The highest BCUT2D eigenvalue weighted by molar-refractivity contribution is 9.10. The van der Waals surface area contributed by atoms with Gasteiger partial charge in [-0.25, -0.2) is 4.39 Å². The van der Waals surface area contributed by atoms with Crippen molar-refractivity contribution in [3.05, 3.63) is 34.1 Å². The predicted molar refractivity (Wildman–Crippen MR) is 69.8 cm³/mol. The third-order valence-electron chi connectivity index (χ3n) is 2.99. The second-order valence-electron chi connectivity index (χ2n) is 4.72. The molecule has 2 N–H and O–H groups in total. The van der Waals surface area contributed by atoms with Crippen molar-refractivity contribution in [3.63, 3.8) is 0 Å². The van der Waals surface area contributed by atoms with Gasteiger partial charge in [0.25, 0.3) is 0 Å². The minimum Gasteiger partial charge on any atom is -0.328 e. The maximum absolute atomic E-state index is 13.1. The Morgan fingerprint density at radius 1 is 1.31 bits per heavy atom. The molecule has 0 bridgehead atoms. The van der Waals surface area contributed by atoms with Crippen molar-refractivity contribution in [1.29, 1.82) is 0 Å². The summed E-state index contributed by atoms with van der Waals surface area (Å²) in [6.07, 6.45) is 0.897. The molecule has 0 heterocycles. The van der Waals surface area contributed by atoms with E-state index in [-0.39, 0.29) is 11.9 Å². The van der Waals surface area contributed by atoms with Gasteiger partial charge in [-0.05, 0) is 58.8 Å². The van der Waals surface area contributed by atoms with Crippen LogP contribution in [0.1, 0.15) is 26.3 Å². The highest BCUT2D eigenvalue weighted by Crippen LogP contribution is 2.23. The summed E-state index contributed by atoms with van der Waals surface area (Å²) in [5.74, 6) is 0.742. The zero-order valence-corrected chi connectivity index (χ0v) is 11.6. The lowest BCUT2D eigenvalue weighted by molar-refractivity contribution is 0.330. The van der Waals surface area contributed by atoms with Crippen LogP contribution in [0.3, 0.4) is 0 Å². The van der Waals surface area contributed by atoms with Gasteiger partial charge in [-0.2, -0.15) is 0 Å². The van der Waals surface area contributed by atoms with Crippen LogP contribution in [0.15, 0.2) is 22.7 Å². The zero-order chi connectivity index (χ0) is 12.3. The van der Waals surface area contributed by atoms with Gasteiger partial charge in [0, 0.05) is 6.04 Å². The Morgan fingerprint density at radius 2 is 1.94 bits per heavy atom. The van der Waals surface area contributed by atoms with E-state index in [9.17, 15) is 4.39 Å². The lowest BCUT2D eigenvalue weighted by Gasteiger charge is -2.24. The second kappa shape index (κ2) is 5.78. The van der Waals surface area contributed by atoms with Crippen LogP contribution in [-0.4, -0.2) is 6.04 Å². The van der Waals surface area contributed by atoms with E-state index in [1.54, 1.807) is 0 Å². The van der Waals surface area contributed by atoms with Crippen LogP contribution < -0.4 is 5.73 Å². The normalized spacial score (nSPS) is 15.2. The van der Waals surface area contributed by atoms with Crippen molar-refractivity contribution in [3.8, 4) is 0 Å². The van der Waals surface area contributed by atoms with Crippen molar-refractivity contribution in [2.45, 2.75) is 33.2 Å². The van der Waals surface area contributed by atoms with Gasteiger partial charge in [-0.1, -0.05) is 19.9 Å². The molecular formula is C13H19BrFN. The minimum atomic E-state index is -0.217. The summed E-state index contributed by atoms with van der Waals surface area (Å²) in [5.41, 5.74) is 7.10. The highest BCUT2D eigenvalue weighted by Gasteiger charge is 2.18. The molecule has 1 nitrogen and oxygen atoms in total. The molecule has 16 heavy (non-hydrogen) atoms. The van der Waals surface area contributed by atoms with Crippen molar-refractivity contribution < 1.29 is 4.39 Å². The molecule has 0 aliphatic carbocycles. The lowest BCUT2D eigenvalue weighted by atomic mass is 9.84. The quantitative estimate of drug-likeness (QED) is 0.897. The summed E-state index contributed by atoms with van der Waals surface area (Å²) in [6.45, 7) is 6.38. The first-order chi connectivity index (χ1) is 7.41. The molecule has 0 radical (unpaired) electrons. The maximum atomic E-state index is 13.1. The maximum Gasteiger partial charge on any atom is 0.137 e. The number of nitrogens with two attached hydrogens (primary N) is 1. The van der Waals surface area contributed by atoms with Crippen LogP contribution >= 0.6 is 15.9 Å². The first kappa shape index (κ1) is 13.7. The van der Waals surface area contributed by atoms with Crippen LogP contribution in [0.4, 0.5) is 4.39 Å². The van der Waals surface area contributed by atoms with E-state index < -0.39 is 0 Å². The molecule has 1 aromatic carbocycles. The van der Waals surface area contributed by atoms with E-state index in [2.05, 4.69) is 29.8 Å². The van der Waals surface area contributed by atoms with Gasteiger partial charge in [-0.3, -0.25) is 0 Å². The molecule has 0 spiro atoms. The molecule has 0 saturated heterocycles. The van der Waals surface area contributed by atoms with E-state index in [4.69, 9.17) is 5.73 Å². The van der Waals surface area contributed by atoms with E-state index in [1.807, 2.05) is 19.1 Å². The van der Waals surface area contributed by atoms with Gasteiger partial charge >= 0.3 is 0 Å². The Morgan fingerprint density at radius 3 is 2.38 bits per heavy atom. The molecule has 2 unspecified atom stereocenters. The molecule has 1 aromatic rings. The molecular weight excluding hydrogens is 269 g/mol. The predicted octanol–water partition coefficient (Wildman–Crippen LogP) is 3.75. The van der Waals surface area contributed by atoms with E-state index in [1.165, 1.54) is 6.07 Å². The molecule has 2 atom stereocenters. The third-order valence-corrected chi connectivity index (χ3v) is 3.59. The van der Waals surface area contributed by atoms with Gasteiger partial charge in [-0.15, -0.1) is 0 Å². The number of rotatable bonds is 4. The summed E-state index contributed by atoms with van der Waals surface area (Å²) in [5, 5.41) is 0. The number of hydrogen-bond acceptors (Lipinski definition) is 1. The average molecular weight is 288 g/mol. The standard InChI is InChI=1S/C13H19BrFN/c1-8(2)11(9(3)16)6-10-4-5-13(15)12(14)7-10/h4-5,7-9,11H,6,16H2,1-3H3. The minimum absolute atomic E-state index is 0.156. The first-order valence-corrected chi connectivity index (χ1v) is 6.40. The second-order valence-corrected chi connectivity index (χ2v) is 5.57. The summed E-state index contributed by atoms with van der Waals surface area (Å²) in [4.78, 5) is 0. The third kappa shape index (κ3) is 3.56. The molecule has 1 rings (SSSR count). The molecule has 0 aliphatic heterocycles. The largest absolute Gasteiger partial charge is 0.328 e. The monoisotopic (exact) mass is 287 g/mol.